The molecular formula is C13H14N2O3. The Kier molecular flexibility index (Phi) is 3.14. The summed E-state index contributed by atoms with van der Waals surface area (Å²) < 4.78 is 0. The highest BCUT2D eigenvalue weighted by molar-refractivity contribution is 6.25. The largest absolute Gasteiger partial charge is 0.337 e. The van der Waals surface area contributed by atoms with E-state index in [-0.39, 0.29) is 6.42 Å². The van der Waals surface area contributed by atoms with Gasteiger partial charge in [0.1, 0.15) is 6.42 Å². The number of urea groups is 1. The molecule has 0 aromatic heterocycles. The molecule has 1 saturated heterocycles. The molecule has 1 heterocycles. The van der Waals surface area contributed by atoms with Gasteiger partial charge in [0.2, 0.25) is 11.8 Å². The summed E-state index contributed by atoms with van der Waals surface area (Å²) in [4.78, 5) is 37.0. The van der Waals surface area contributed by atoms with Crippen molar-refractivity contribution in [2.45, 2.75) is 19.8 Å². The van der Waals surface area contributed by atoms with E-state index in [9.17, 15) is 14.4 Å². The minimum absolute atomic E-state index is 0.266. The molecule has 94 valence electrons. The molecule has 1 aromatic rings. The molecule has 4 amide bonds. The molecule has 0 unspecified atom stereocenters. The first-order valence-electron chi connectivity index (χ1n) is 5.77. The standard InChI is InChI=1S/C13H14N2O3/c1-3-9-4-6-10(7-5-9)15-12(17)8-11(16)14(2)13(15)18/h4-7H,3,8H2,1-2H3. The number of carbonyl (C=O) groups is 3. The summed E-state index contributed by atoms with van der Waals surface area (Å²) in [6, 6.07) is 6.58. The molecule has 0 atom stereocenters. The van der Waals surface area contributed by atoms with Gasteiger partial charge in [-0.2, -0.15) is 0 Å². The summed E-state index contributed by atoms with van der Waals surface area (Å²) >= 11 is 0. The normalized spacial score (nSPS) is 16.4. The van der Waals surface area contributed by atoms with Crippen LogP contribution in [0.25, 0.3) is 0 Å². The van der Waals surface area contributed by atoms with Crippen molar-refractivity contribution in [3.8, 4) is 0 Å². The predicted molar refractivity (Wildman–Crippen MR) is 66.1 cm³/mol. The Bertz CT molecular complexity index is 507. The van der Waals surface area contributed by atoms with Crippen molar-refractivity contribution >= 4 is 23.5 Å². The highest BCUT2D eigenvalue weighted by Crippen LogP contribution is 2.21. The van der Waals surface area contributed by atoms with Crippen LogP contribution in [0.15, 0.2) is 24.3 Å². The van der Waals surface area contributed by atoms with Crippen molar-refractivity contribution in [3.63, 3.8) is 0 Å². The highest BCUT2D eigenvalue weighted by atomic mass is 16.2. The smallest absolute Gasteiger partial charge is 0.274 e. The van der Waals surface area contributed by atoms with Crippen molar-refractivity contribution in [2.24, 2.45) is 0 Å². The Labute approximate surface area is 105 Å². The summed E-state index contributed by atoms with van der Waals surface area (Å²) in [5.41, 5.74) is 1.63. The maximum Gasteiger partial charge on any atom is 0.337 e. The Hall–Kier alpha value is -2.17. The molecule has 1 aromatic carbocycles. The molecule has 0 N–H and O–H groups in total. The van der Waals surface area contributed by atoms with Crippen LogP contribution in [0.2, 0.25) is 0 Å². The Morgan fingerprint density at radius 3 is 2.22 bits per heavy atom. The lowest BCUT2D eigenvalue weighted by atomic mass is 10.1. The number of imide groups is 2. The zero-order valence-electron chi connectivity index (χ0n) is 10.3. The van der Waals surface area contributed by atoms with Crippen molar-refractivity contribution < 1.29 is 14.4 Å². The number of nitrogens with zero attached hydrogens (tertiary/aromatic N) is 2. The van der Waals surface area contributed by atoms with E-state index in [1.807, 2.05) is 19.1 Å². The van der Waals surface area contributed by atoms with Gasteiger partial charge in [-0.05, 0) is 24.1 Å². The Balaban J connectivity index is 2.33. The van der Waals surface area contributed by atoms with Gasteiger partial charge in [-0.1, -0.05) is 19.1 Å². The number of barbiturate groups is 1. The fourth-order valence-corrected chi connectivity index (χ4v) is 1.83. The SMILES string of the molecule is CCc1ccc(N2C(=O)CC(=O)N(C)C2=O)cc1. The molecule has 0 aliphatic carbocycles. The summed E-state index contributed by atoms with van der Waals surface area (Å²) in [5, 5.41) is 0. The van der Waals surface area contributed by atoms with Crippen LogP contribution in [0.3, 0.4) is 0 Å². The average Bonchev–Trinajstić information content (AvgIpc) is 2.37. The van der Waals surface area contributed by atoms with Crippen LogP contribution in [-0.2, 0) is 16.0 Å². The van der Waals surface area contributed by atoms with E-state index < -0.39 is 17.8 Å². The number of anilines is 1. The molecule has 5 nitrogen and oxygen atoms in total. The number of carbonyl (C=O) groups excluding carboxylic acids is 3. The maximum atomic E-state index is 11.9. The van der Waals surface area contributed by atoms with Crippen molar-refractivity contribution in [3.05, 3.63) is 29.8 Å². The van der Waals surface area contributed by atoms with E-state index in [4.69, 9.17) is 0 Å². The zero-order chi connectivity index (χ0) is 13.3. The minimum Gasteiger partial charge on any atom is -0.274 e. The fraction of sp³-hybridized carbons (Fsp3) is 0.308. The van der Waals surface area contributed by atoms with E-state index in [0.717, 1.165) is 21.8 Å². The number of benzene rings is 1. The van der Waals surface area contributed by atoms with Gasteiger partial charge in [-0.3, -0.25) is 14.5 Å². The summed E-state index contributed by atoms with van der Waals surface area (Å²) in [5.74, 6) is -0.946. The van der Waals surface area contributed by atoms with Crippen LogP contribution in [0.4, 0.5) is 10.5 Å². The fourth-order valence-electron chi connectivity index (χ4n) is 1.83. The van der Waals surface area contributed by atoms with E-state index in [1.165, 1.54) is 7.05 Å². The van der Waals surface area contributed by atoms with Gasteiger partial charge in [0.05, 0.1) is 5.69 Å². The van der Waals surface area contributed by atoms with Crippen molar-refractivity contribution in [1.29, 1.82) is 0 Å². The quantitative estimate of drug-likeness (QED) is 0.744. The maximum absolute atomic E-state index is 11.9. The van der Waals surface area contributed by atoms with Gasteiger partial charge in [0, 0.05) is 7.05 Å². The van der Waals surface area contributed by atoms with E-state index >= 15 is 0 Å². The highest BCUT2D eigenvalue weighted by Gasteiger charge is 2.36. The van der Waals surface area contributed by atoms with E-state index in [0.29, 0.717) is 5.69 Å². The second-order valence-electron chi connectivity index (χ2n) is 4.16. The van der Waals surface area contributed by atoms with E-state index in [2.05, 4.69) is 0 Å². The first-order valence-corrected chi connectivity index (χ1v) is 5.77. The number of rotatable bonds is 2. The molecule has 0 saturated carbocycles. The lowest BCUT2D eigenvalue weighted by molar-refractivity contribution is -0.133. The van der Waals surface area contributed by atoms with Crippen LogP contribution in [0.5, 0.6) is 0 Å². The number of aryl methyl sites for hydroxylation is 1. The van der Waals surface area contributed by atoms with Gasteiger partial charge < -0.3 is 0 Å². The first-order chi connectivity index (χ1) is 8.54. The lowest BCUT2D eigenvalue weighted by Crippen LogP contribution is -2.53. The average molecular weight is 246 g/mol. The van der Waals surface area contributed by atoms with Gasteiger partial charge in [0.25, 0.3) is 0 Å². The van der Waals surface area contributed by atoms with E-state index in [1.54, 1.807) is 12.1 Å². The lowest BCUT2D eigenvalue weighted by Gasteiger charge is -2.30. The summed E-state index contributed by atoms with van der Waals surface area (Å²) in [6.45, 7) is 2.03. The molecule has 0 spiro atoms. The first kappa shape index (κ1) is 12.3. The molecule has 0 radical (unpaired) electrons. The molecular weight excluding hydrogens is 232 g/mol. The Morgan fingerprint density at radius 1 is 1.06 bits per heavy atom. The van der Waals surface area contributed by atoms with Crippen LogP contribution in [-0.4, -0.2) is 29.8 Å². The number of hydrogen-bond acceptors (Lipinski definition) is 3. The van der Waals surface area contributed by atoms with Crippen LogP contribution in [0.1, 0.15) is 18.9 Å². The van der Waals surface area contributed by atoms with Gasteiger partial charge in [0.15, 0.2) is 0 Å². The molecule has 0 bridgehead atoms. The van der Waals surface area contributed by atoms with Crippen LogP contribution in [0, 0.1) is 0 Å². The monoisotopic (exact) mass is 246 g/mol. The third-order valence-electron chi connectivity index (χ3n) is 3.01. The second-order valence-corrected chi connectivity index (χ2v) is 4.16. The van der Waals surface area contributed by atoms with Crippen LogP contribution < -0.4 is 4.90 Å². The predicted octanol–water partition coefficient (Wildman–Crippen LogP) is 1.56. The number of hydrogen-bond donors (Lipinski definition) is 0. The Morgan fingerprint density at radius 2 is 1.67 bits per heavy atom. The summed E-state index contributed by atoms with van der Waals surface area (Å²) in [6.07, 6.45) is 0.623. The molecule has 1 aliphatic heterocycles. The molecule has 5 heteroatoms. The molecule has 18 heavy (non-hydrogen) atoms. The molecule has 1 aliphatic rings. The number of amides is 4. The second kappa shape index (κ2) is 4.60. The third-order valence-corrected chi connectivity index (χ3v) is 3.01. The van der Waals surface area contributed by atoms with Crippen molar-refractivity contribution in [2.75, 3.05) is 11.9 Å². The molecule has 1 fully saturated rings. The van der Waals surface area contributed by atoms with Crippen molar-refractivity contribution in [1.82, 2.24) is 4.90 Å². The van der Waals surface area contributed by atoms with Gasteiger partial charge >= 0.3 is 6.03 Å². The minimum atomic E-state index is -0.597. The van der Waals surface area contributed by atoms with Crippen LogP contribution >= 0.6 is 0 Å². The topological polar surface area (TPSA) is 57.7 Å². The summed E-state index contributed by atoms with van der Waals surface area (Å²) in [7, 11) is 1.38. The van der Waals surface area contributed by atoms with Gasteiger partial charge in [-0.25, -0.2) is 9.69 Å². The zero-order valence-corrected chi connectivity index (χ0v) is 10.3. The van der Waals surface area contributed by atoms with Gasteiger partial charge in [-0.15, -0.1) is 0 Å². The molecule has 2 rings (SSSR count). The third kappa shape index (κ3) is 1.99.